The van der Waals surface area contributed by atoms with Crippen molar-refractivity contribution in [3.05, 3.63) is 23.7 Å². The van der Waals surface area contributed by atoms with Gasteiger partial charge in [-0.1, -0.05) is 6.92 Å². The predicted octanol–water partition coefficient (Wildman–Crippen LogP) is 2.37. The number of nitrogens with two attached hydrogens (primary N) is 1. The average molecular weight is 183 g/mol. The lowest BCUT2D eigenvalue weighted by Crippen LogP contribution is -2.06. The Morgan fingerprint density at radius 3 is 2.92 bits per heavy atom. The zero-order chi connectivity index (χ0) is 9.42. The Bertz CT molecular complexity index is 278. The van der Waals surface area contributed by atoms with Crippen LogP contribution in [0.3, 0.4) is 0 Å². The fraction of sp³-hybridized carbons (Fsp3) is 0.600. The molecule has 3 heteroatoms. The SMILES string of the molecule is CC1CC1c1ccc(C(F)CN)o1. The Balaban J connectivity index is 2.09. The maximum absolute atomic E-state index is 13.0. The summed E-state index contributed by atoms with van der Waals surface area (Å²) in [6.45, 7) is 2.16. The van der Waals surface area contributed by atoms with Crippen molar-refractivity contribution in [2.45, 2.75) is 25.4 Å². The number of hydrogen-bond donors (Lipinski definition) is 1. The van der Waals surface area contributed by atoms with E-state index in [9.17, 15) is 4.39 Å². The number of rotatable bonds is 3. The minimum absolute atomic E-state index is 0.00677. The van der Waals surface area contributed by atoms with E-state index in [1.165, 1.54) is 0 Å². The lowest BCUT2D eigenvalue weighted by molar-refractivity contribution is 0.286. The van der Waals surface area contributed by atoms with E-state index < -0.39 is 6.17 Å². The van der Waals surface area contributed by atoms with Crippen LogP contribution in [0.5, 0.6) is 0 Å². The first kappa shape index (κ1) is 8.75. The first-order valence-electron chi connectivity index (χ1n) is 4.66. The average Bonchev–Trinajstić information content (AvgIpc) is 2.70. The van der Waals surface area contributed by atoms with Gasteiger partial charge < -0.3 is 10.2 Å². The highest BCUT2D eigenvalue weighted by molar-refractivity contribution is 5.18. The summed E-state index contributed by atoms with van der Waals surface area (Å²) in [5.41, 5.74) is 5.20. The Hall–Kier alpha value is -0.830. The van der Waals surface area contributed by atoms with Crippen LogP contribution in [0.2, 0.25) is 0 Å². The maximum Gasteiger partial charge on any atom is 0.170 e. The summed E-state index contributed by atoms with van der Waals surface area (Å²) in [4.78, 5) is 0. The van der Waals surface area contributed by atoms with Crippen molar-refractivity contribution >= 4 is 0 Å². The molecule has 0 saturated heterocycles. The molecule has 0 spiro atoms. The molecule has 1 heterocycles. The lowest BCUT2D eigenvalue weighted by atomic mass is 10.2. The Morgan fingerprint density at radius 2 is 2.38 bits per heavy atom. The highest BCUT2D eigenvalue weighted by atomic mass is 19.1. The molecule has 0 bridgehead atoms. The summed E-state index contributed by atoms with van der Waals surface area (Å²) < 4.78 is 18.4. The summed E-state index contributed by atoms with van der Waals surface area (Å²) in [5.74, 6) is 2.49. The summed E-state index contributed by atoms with van der Waals surface area (Å²) in [6, 6.07) is 3.56. The van der Waals surface area contributed by atoms with Gasteiger partial charge in [-0.3, -0.25) is 0 Å². The van der Waals surface area contributed by atoms with E-state index in [1.54, 1.807) is 6.07 Å². The van der Waals surface area contributed by atoms with Crippen molar-refractivity contribution in [2.75, 3.05) is 6.54 Å². The third-order valence-corrected chi connectivity index (χ3v) is 2.64. The van der Waals surface area contributed by atoms with E-state index in [4.69, 9.17) is 10.2 Å². The molecule has 13 heavy (non-hydrogen) atoms. The molecule has 3 unspecified atom stereocenters. The standard InChI is InChI=1S/C10H14FNO/c1-6-4-7(6)9-2-3-10(13-9)8(11)5-12/h2-3,6-8H,4-5,12H2,1H3. The minimum Gasteiger partial charge on any atom is -0.463 e. The van der Waals surface area contributed by atoms with Gasteiger partial charge in [0.2, 0.25) is 0 Å². The van der Waals surface area contributed by atoms with Crippen LogP contribution in [-0.4, -0.2) is 6.54 Å². The second kappa shape index (κ2) is 3.14. The van der Waals surface area contributed by atoms with Gasteiger partial charge in [0, 0.05) is 12.5 Å². The Morgan fingerprint density at radius 1 is 1.69 bits per heavy atom. The van der Waals surface area contributed by atoms with Gasteiger partial charge in [0.05, 0.1) is 0 Å². The Kier molecular flexibility index (Phi) is 2.12. The van der Waals surface area contributed by atoms with Crippen LogP contribution >= 0.6 is 0 Å². The normalized spacial score (nSPS) is 28.8. The summed E-state index contributed by atoms with van der Waals surface area (Å²) in [5, 5.41) is 0. The van der Waals surface area contributed by atoms with E-state index >= 15 is 0 Å². The third-order valence-electron chi connectivity index (χ3n) is 2.64. The topological polar surface area (TPSA) is 39.2 Å². The van der Waals surface area contributed by atoms with E-state index in [0.29, 0.717) is 17.6 Å². The van der Waals surface area contributed by atoms with Crippen LogP contribution in [0.25, 0.3) is 0 Å². The maximum atomic E-state index is 13.0. The number of furan rings is 1. The molecule has 0 radical (unpaired) electrons. The number of halogens is 1. The van der Waals surface area contributed by atoms with Gasteiger partial charge in [0.25, 0.3) is 0 Å². The molecule has 1 aliphatic rings. The van der Waals surface area contributed by atoms with E-state index in [2.05, 4.69) is 6.92 Å². The second-order valence-corrected chi connectivity index (χ2v) is 3.76. The molecule has 0 aromatic carbocycles. The lowest BCUT2D eigenvalue weighted by Gasteiger charge is -1.99. The fourth-order valence-electron chi connectivity index (χ4n) is 1.57. The molecule has 1 saturated carbocycles. The summed E-state index contributed by atoms with van der Waals surface area (Å²) >= 11 is 0. The van der Waals surface area contributed by atoms with Gasteiger partial charge >= 0.3 is 0 Å². The molecule has 1 aliphatic carbocycles. The molecular formula is C10H14FNO. The minimum atomic E-state index is -1.15. The largest absolute Gasteiger partial charge is 0.463 e. The zero-order valence-corrected chi connectivity index (χ0v) is 7.66. The van der Waals surface area contributed by atoms with Crippen LogP contribution < -0.4 is 5.73 Å². The number of hydrogen-bond acceptors (Lipinski definition) is 2. The van der Waals surface area contributed by atoms with Crippen LogP contribution in [0, 0.1) is 5.92 Å². The monoisotopic (exact) mass is 183 g/mol. The van der Waals surface area contributed by atoms with Crippen molar-refractivity contribution in [1.29, 1.82) is 0 Å². The predicted molar refractivity (Wildman–Crippen MR) is 48.1 cm³/mol. The van der Waals surface area contributed by atoms with Gasteiger partial charge in [-0.05, 0) is 24.5 Å². The molecule has 72 valence electrons. The molecular weight excluding hydrogens is 169 g/mol. The number of alkyl halides is 1. The van der Waals surface area contributed by atoms with Crippen molar-refractivity contribution < 1.29 is 8.81 Å². The van der Waals surface area contributed by atoms with Crippen molar-refractivity contribution in [3.63, 3.8) is 0 Å². The van der Waals surface area contributed by atoms with Crippen molar-refractivity contribution in [2.24, 2.45) is 11.7 Å². The molecule has 1 fully saturated rings. The van der Waals surface area contributed by atoms with Gasteiger partial charge in [-0.25, -0.2) is 4.39 Å². The summed E-state index contributed by atoms with van der Waals surface area (Å²) in [7, 11) is 0. The smallest absolute Gasteiger partial charge is 0.170 e. The molecule has 1 aromatic rings. The van der Waals surface area contributed by atoms with Gasteiger partial charge in [-0.2, -0.15) is 0 Å². The molecule has 1 aromatic heterocycles. The molecule has 2 rings (SSSR count). The van der Waals surface area contributed by atoms with E-state index in [-0.39, 0.29) is 6.54 Å². The van der Waals surface area contributed by atoms with Crippen molar-refractivity contribution in [1.82, 2.24) is 0 Å². The van der Waals surface area contributed by atoms with Crippen LogP contribution in [0.1, 0.15) is 37.0 Å². The molecule has 3 atom stereocenters. The zero-order valence-electron chi connectivity index (χ0n) is 7.66. The highest BCUT2D eigenvalue weighted by Crippen LogP contribution is 2.47. The van der Waals surface area contributed by atoms with Gasteiger partial charge in [0.1, 0.15) is 11.5 Å². The highest BCUT2D eigenvalue weighted by Gasteiger charge is 2.36. The molecule has 0 amide bonds. The fourth-order valence-corrected chi connectivity index (χ4v) is 1.57. The first-order valence-corrected chi connectivity index (χ1v) is 4.66. The van der Waals surface area contributed by atoms with Crippen molar-refractivity contribution in [3.8, 4) is 0 Å². The van der Waals surface area contributed by atoms with Crippen LogP contribution in [-0.2, 0) is 0 Å². The van der Waals surface area contributed by atoms with Gasteiger partial charge in [-0.15, -0.1) is 0 Å². The molecule has 2 nitrogen and oxygen atoms in total. The van der Waals surface area contributed by atoms with Gasteiger partial charge in [0.15, 0.2) is 6.17 Å². The van der Waals surface area contributed by atoms with Crippen LogP contribution in [0.15, 0.2) is 16.5 Å². The second-order valence-electron chi connectivity index (χ2n) is 3.76. The molecule has 0 aliphatic heterocycles. The van der Waals surface area contributed by atoms with E-state index in [1.807, 2.05) is 6.07 Å². The molecule has 2 N–H and O–H groups in total. The Labute approximate surface area is 76.9 Å². The third kappa shape index (κ3) is 1.61. The van der Waals surface area contributed by atoms with Crippen LogP contribution in [0.4, 0.5) is 4.39 Å². The quantitative estimate of drug-likeness (QED) is 0.781. The van der Waals surface area contributed by atoms with E-state index in [0.717, 1.165) is 12.2 Å². The summed E-state index contributed by atoms with van der Waals surface area (Å²) in [6.07, 6.45) is 0.00908. The first-order chi connectivity index (χ1) is 6.22.